The molecular weight excluding hydrogens is 388 g/mol. The second-order valence-corrected chi connectivity index (χ2v) is 7.58. The first-order valence-corrected chi connectivity index (χ1v) is 9.90. The van der Waals surface area contributed by atoms with E-state index in [1.807, 2.05) is 12.1 Å². The van der Waals surface area contributed by atoms with E-state index in [-0.39, 0.29) is 36.5 Å². The molecule has 0 bridgehead atoms. The third kappa shape index (κ3) is 4.46. The summed E-state index contributed by atoms with van der Waals surface area (Å²) >= 11 is 0. The summed E-state index contributed by atoms with van der Waals surface area (Å²) in [4.78, 5) is 25.9. The maximum Gasteiger partial charge on any atom is 0.270 e. The molecule has 2 aliphatic heterocycles. The molecular formula is C21H24N4O5. The number of nitro groups is 1. The van der Waals surface area contributed by atoms with Crippen LogP contribution in [0, 0.1) is 10.1 Å². The average molecular weight is 412 g/mol. The summed E-state index contributed by atoms with van der Waals surface area (Å²) in [7, 11) is 2.08. The van der Waals surface area contributed by atoms with Crippen LogP contribution in [0.3, 0.4) is 0 Å². The van der Waals surface area contributed by atoms with Crippen molar-refractivity contribution in [2.75, 3.05) is 32.2 Å². The molecule has 1 fully saturated rings. The fourth-order valence-electron chi connectivity index (χ4n) is 3.66. The predicted molar refractivity (Wildman–Crippen MR) is 111 cm³/mol. The summed E-state index contributed by atoms with van der Waals surface area (Å²) in [6.45, 7) is 2.39. The first-order valence-electron chi connectivity index (χ1n) is 9.90. The SMILES string of the molecule is CN1CCC(Nc2ccc([N+](=O)[O-])cc2C(=O)NCc2ccc3c(c2)OCO3)CC1. The van der Waals surface area contributed by atoms with Gasteiger partial charge in [0.2, 0.25) is 6.79 Å². The highest BCUT2D eigenvalue weighted by Gasteiger charge is 2.22. The van der Waals surface area contributed by atoms with Crippen LogP contribution in [0.15, 0.2) is 36.4 Å². The summed E-state index contributed by atoms with van der Waals surface area (Å²) < 4.78 is 10.7. The highest BCUT2D eigenvalue weighted by atomic mass is 16.7. The molecule has 0 spiro atoms. The van der Waals surface area contributed by atoms with E-state index in [1.165, 1.54) is 12.1 Å². The Labute approximate surface area is 174 Å². The van der Waals surface area contributed by atoms with Crippen LogP contribution in [0.25, 0.3) is 0 Å². The van der Waals surface area contributed by atoms with Crippen LogP contribution in [0.2, 0.25) is 0 Å². The Balaban J connectivity index is 1.49. The number of benzene rings is 2. The normalized spacial score (nSPS) is 16.3. The number of nitro benzene ring substituents is 1. The number of likely N-dealkylation sites (tertiary alicyclic amines) is 1. The molecule has 0 atom stereocenters. The van der Waals surface area contributed by atoms with E-state index in [2.05, 4.69) is 22.6 Å². The second kappa shape index (κ2) is 8.58. The van der Waals surface area contributed by atoms with Crippen LogP contribution >= 0.6 is 0 Å². The highest BCUT2D eigenvalue weighted by Crippen LogP contribution is 2.32. The van der Waals surface area contributed by atoms with Gasteiger partial charge in [-0.25, -0.2) is 0 Å². The third-order valence-corrected chi connectivity index (χ3v) is 5.43. The summed E-state index contributed by atoms with van der Waals surface area (Å²) in [5, 5.41) is 17.5. The number of hydrogen-bond acceptors (Lipinski definition) is 7. The molecule has 2 aromatic rings. The third-order valence-electron chi connectivity index (χ3n) is 5.43. The smallest absolute Gasteiger partial charge is 0.270 e. The molecule has 4 rings (SSSR count). The van der Waals surface area contributed by atoms with Gasteiger partial charge in [0.25, 0.3) is 11.6 Å². The van der Waals surface area contributed by atoms with E-state index in [0.29, 0.717) is 17.2 Å². The van der Waals surface area contributed by atoms with E-state index in [1.54, 1.807) is 12.1 Å². The standard InChI is InChI=1S/C21H24N4O5/c1-24-8-6-15(7-9-24)23-18-4-3-16(25(27)28)11-17(18)21(26)22-12-14-2-5-19-20(10-14)30-13-29-19/h2-5,10-11,15,23H,6-9,12-13H2,1H3,(H,22,26). The Morgan fingerprint density at radius 1 is 1.17 bits per heavy atom. The van der Waals surface area contributed by atoms with E-state index in [9.17, 15) is 14.9 Å². The van der Waals surface area contributed by atoms with Crippen LogP contribution in [-0.2, 0) is 6.54 Å². The highest BCUT2D eigenvalue weighted by molar-refractivity contribution is 6.00. The average Bonchev–Trinajstić information content (AvgIpc) is 3.21. The molecule has 30 heavy (non-hydrogen) atoms. The number of non-ortho nitro benzene ring substituents is 1. The lowest BCUT2D eigenvalue weighted by molar-refractivity contribution is -0.384. The number of carbonyl (C=O) groups is 1. The lowest BCUT2D eigenvalue weighted by Gasteiger charge is -2.30. The Morgan fingerprint density at radius 3 is 2.70 bits per heavy atom. The van der Waals surface area contributed by atoms with Gasteiger partial charge in [-0.15, -0.1) is 0 Å². The predicted octanol–water partition coefficient (Wildman–Crippen LogP) is 2.76. The van der Waals surface area contributed by atoms with Crippen LogP contribution in [0.5, 0.6) is 11.5 Å². The van der Waals surface area contributed by atoms with Crippen molar-refractivity contribution in [3.63, 3.8) is 0 Å². The number of ether oxygens (including phenoxy) is 2. The lowest BCUT2D eigenvalue weighted by atomic mass is 10.0. The summed E-state index contributed by atoms with van der Waals surface area (Å²) in [5.41, 5.74) is 1.61. The van der Waals surface area contributed by atoms with Gasteiger partial charge in [0.05, 0.1) is 10.5 Å². The fourth-order valence-corrected chi connectivity index (χ4v) is 3.66. The van der Waals surface area contributed by atoms with E-state index in [0.717, 1.165) is 31.5 Å². The first-order chi connectivity index (χ1) is 14.5. The van der Waals surface area contributed by atoms with Crippen molar-refractivity contribution in [2.24, 2.45) is 0 Å². The van der Waals surface area contributed by atoms with Crippen molar-refractivity contribution >= 4 is 17.3 Å². The van der Waals surface area contributed by atoms with Gasteiger partial charge in [0.15, 0.2) is 11.5 Å². The quantitative estimate of drug-likeness (QED) is 0.555. The number of amides is 1. The largest absolute Gasteiger partial charge is 0.454 e. The summed E-state index contributed by atoms with van der Waals surface area (Å²) in [5.74, 6) is 0.946. The van der Waals surface area contributed by atoms with Crippen LogP contribution in [0.4, 0.5) is 11.4 Å². The molecule has 2 aliphatic rings. The Bertz CT molecular complexity index is 956. The summed E-state index contributed by atoms with van der Waals surface area (Å²) in [6.07, 6.45) is 1.90. The summed E-state index contributed by atoms with van der Waals surface area (Å²) in [6, 6.07) is 10.0. The molecule has 2 heterocycles. The Kier molecular flexibility index (Phi) is 5.71. The van der Waals surface area contributed by atoms with Gasteiger partial charge in [0, 0.05) is 30.4 Å². The lowest BCUT2D eigenvalue weighted by Crippen LogP contribution is -2.37. The van der Waals surface area contributed by atoms with E-state index in [4.69, 9.17) is 9.47 Å². The van der Waals surface area contributed by atoms with Crippen molar-refractivity contribution < 1.29 is 19.2 Å². The first kappa shape index (κ1) is 20.0. The molecule has 0 saturated carbocycles. The van der Waals surface area contributed by atoms with Gasteiger partial charge in [-0.2, -0.15) is 0 Å². The second-order valence-electron chi connectivity index (χ2n) is 7.58. The number of carbonyl (C=O) groups excluding carboxylic acids is 1. The van der Waals surface area contributed by atoms with E-state index < -0.39 is 4.92 Å². The molecule has 2 aromatic carbocycles. The molecule has 0 aliphatic carbocycles. The van der Waals surface area contributed by atoms with Crippen LogP contribution < -0.4 is 20.1 Å². The molecule has 9 heteroatoms. The van der Waals surface area contributed by atoms with Gasteiger partial charge >= 0.3 is 0 Å². The molecule has 1 saturated heterocycles. The molecule has 0 radical (unpaired) electrons. The zero-order chi connectivity index (χ0) is 21.1. The van der Waals surface area contributed by atoms with Gasteiger partial charge in [-0.3, -0.25) is 14.9 Å². The van der Waals surface area contributed by atoms with Crippen molar-refractivity contribution in [1.29, 1.82) is 0 Å². The number of nitrogens with zero attached hydrogens (tertiary/aromatic N) is 2. The molecule has 2 N–H and O–H groups in total. The number of anilines is 1. The van der Waals surface area contributed by atoms with Crippen molar-refractivity contribution in [1.82, 2.24) is 10.2 Å². The topological polar surface area (TPSA) is 106 Å². The van der Waals surface area contributed by atoms with Gasteiger partial charge in [-0.1, -0.05) is 6.07 Å². The minimum atomic E-state index is -0.492. The van der Waals surface area contributed by atoms with Crippen molar-refractivity contribution in [3.8, 4) is 11.5 Å². The number of nitrogens with one attached hydrogen (secondary N) is 2. The Hall–Kier alpha value is -3.33. The number of fused-ring (bicyclic) bond motifs is 1. The fraction of sp³-hybridized carbons (Fsp3) is 0.381. The van der Waals surface area contributed by atoms with Gasteiger partial charge in [0.1, 0.15) is 0 Å². The Morgan fingerprint density at radius 2 is 1.93 bits per heavy atom. The number of rotatable bonds is 6. The number of piperidine rings is 1. The zero-order valence-electron chi connectivity index (χ0n) is 16.7. The molecule has 1 amide bonds. The number of hydrogen-bond donors (Lipinski definition) is 2. The minimum Gasteiger partial charge on any atom is -0.454 e. The van der Waals surface area contributed by atoms with Gasteiger partial charge in [-0.05, 0) is 56.7 Å². The van der Waals surface area contributed by atoms with Crippen LogP contribution in [-0.4, -0.2) is 48.7 Å². The molecule has 0 aromatic heterocycles. The van der Waals surface area contributed by atoms with E-state index >= 15 is 0 Å². The zero-order valence-corrected chi connectivity index (χ0v) is 16.7. The monoisotopic (exact) mass is 412 g/mol. The van der Waals surface area contributed by atoms with Crippen molar-refractivity contribution in [2.45, 2.75) is 25.4 Å². The minimum absolute atomic E-state index is 0.114. The van der Waals surface area contributed by atoms with Crippen LogP contribution in [0.1, 0.15) is 28.8 Å². The van der Waals surface area contributed by atoms with Crippen molar-refractivity contribution in [3.05, 3.63) is 57.6 Å². The van der Waals surface area contributed by atoms with Gasteiger partial charge < -0.3 is 25.0 Å². The molecule has 0 unspecified atom stereocenters. The maximum atomic E-state index is 12.9. The molecule has 9 nitrogen and oxygen atoms in total. The maximum absolute atomic E-state index is 12.9. The molecule has 158 valence electrons.